The molecule has 1 atom stereocenters. The van der Waals surface area contributed by atoms with Crippen molar-refractivity contribution in [2.24, 2.45) is 11.8 Å². The maximum absolute atomic E-state index is 14.2. The van der Waals surface area contributed by atoms with Crippen molar-refractivity contribution in [2.75, 3.05) is 38.1 Å². The molecule has 0 radical (unpaired) electrons. The Labute approximate surface area is 200 Å². The average Bonchev–Trinajstić information content (AvgIpc) is 2.76. The lowest BCUT2D eigenvalue weighted by atomic mass is 9.99. The zero-order valence-electron chi connectivity index (χ0n) is 20.3. The normalized spacial score (nSPS) is 16.6. The third kappa shape index (κ3) is 7.52. The summed E-state index contributed by atoms with van der Waals surface area (Å²) in [6.07, 6.45) is 8.16. The van der Waals surface area contributed by atoms with E-state index in [1.54, 1.807) is 30.1 Å². The Morgan fingerprint density at radius 3 is 2.38 bits per heavy atom. The summed E-state index contributed by atoms with van der Waals surface area (Å²) < 4.78 is 28.4. The van der Waals surface area contributed by atoms with Gasteiger partial charge in [0.15, 0.2) is 0 Å². The Morgan fingerprint density at radius 1 is 1.21 bits per heavy atom. The van der Waals surface area contributed by atoms with Crippen LogP contribution in [0.25, 0.3) is 0 Å². The van der Waals surface area contributed by atoms with Crippen LogP contribution in [0, 0.1) is 11.8 Å². The number of carbonyl (C=O) groups is 2. The van der Waals surface area contributed by atoms with E-state index in [0.717, 1.165) is 23.7 Å². The molecule has 1 heterocycles. The predicted molar refractivity (Wildman–Crippen MR) is 131 cm³/mol. The molecule has 1 N–H and O–H groups in total. The summed E-state index contributed by atoms with van der Waals surface area (Å²) in [6, 6.07) is 7.58. The van der Waals surface area contributed by atoms with Crippen molar-refractivity contribution in [1.82, 2.24) is 9.80 Å². The van der Waals surface area contributed by atoms with Crippen molar-refractivity contribution < 1.29 is 23.5 Å². The number of allylic oxidation sites excluding steroid dienone is 5. The molecule has 0 aromatic heterocycles. The van der Waals surface area contributed by atoms with E-state index in [1.165, 1.54) is 13.0 Å². The molecule has 8 heteroatoms. The van der Waals surface area contributed by atoms with Crippen LogP contribution in [0.2, 0.25) is 0 Å². The lowest BCUT2D eigenvalue weighted by Gasteiger charge is -2.36. The highest BCUT2D eigenvalue weighted by atomic mass is 19.3. The van der Waals surface area contributed by atoms with Gasteiger partial charge < -0.3 is 14.9 Å². The lowest BCUT2D eigenvalue weighted by Crippen LogP contribution is -2.49. The molecule has 0 aliphatic carbocycles. The quantitative estimate of drug-likeness (QED) is 0.260. The number of likely N-dealkylation sites (N-methyl/N-ethyl adjacent to an activating group) is 1. The molecular formula is C26H35F2N3O3. The Morgan fingerprint density at radius 2 is 1.85 bits per heavy atom. The molecule has 0 spiro atoms. The molecule has 1 aliphatic rings. The number of nitrogens with zero attached hydrogens (tertiary/aromatic N) is 3. The molecule has 1 fully saturated rings. The first-order valence-electron chi connectivity index (χ1n) is 11.4. The van der Waals surface area contributed by atoms with Crippen LogP contribution < -0.4 is 4.90 Å². The summed E-state index contributed by atoms with van der Waals surface area (Å²) in [5.74, 6) is -4.97. The van der Waals surface area contributed by atoms with Crippen LogP contribution in [-0.4, -0.2) is 66.4 Å². The number of carbonyl (C=O) groups excluding carboxylic acids is 1. The van der Waals surface area contributed by atoms with Crippen molar-refractivity contribution in [1.29, 1.82) is 0 Å². The molecule has 1 amide bonds. The summed E-state index contributed by atoms with van der Waals surface area (Å²) in [7, 11) is 1.82. The third-order valence-electron chi connectivity index (χ3n) is 5.98. The fourth-order valence-electron chi connectivity index (χ4n) is 3.76. The second-order valence-electron chi connectivity index (χ2n) is 8.67. The van der Waals surface area contributed by atoms with Gasteiger partial charge >= 0.3 is 5.97 Å². The first-order chi connectivity index (χ1) is 16.1. The van der Waals surface area contributed by atoms with E-state index < -0.39 is 17.8 Å². The first kappa shape index (κ1) is 27.2. The summed E-state index contributed by atoms with van der Waals surface area (Å²) in [5, 5.41) is 8.98. The number of carboxylic acid groups (broad SMARTS) is 1. The molecule has 1 aromatic rings. The molecule has 0 saturated carbocycles. The maximum Gasteiger partial charge on any atom is 0.309 e. The molecule has 34 heavy (non-hydrogen) atoms. The minimum absolute atomic E-state index is 0.291. The molecule has 2 rings (SSSR count). The summed E-state index contributed by atoms with van der Waals surface area (Å²) in [4.78, 5) is 28.2. The van der Waals surface area contributed by atoms with Gasteiger partial charge in [0, 0.05) is 57.1 Å². The van der Waals surface area contributed by atoms with Crippen molar-refractivity contribution >= 4 is 18.1 Å². The van der Waals surface area contributed by atoms with Gasteiger partial charge in [0.1, 0.15) is 0 Å². The van der Waals surface area contributed by atoms with Crippen LogP contribution in [0.4, 0.5) is 14.5 Å². The number of anilines is 1. The number of hydrogen-bond donors (Lipinski definition) is 1. The number of carboxylic acids is 1. The standard InChI is InChI=1S/C26H35F2N3O3/c1-5-7-24(15-20(3)26(27,28)12-6-2)29(4)13-14-31(19-32)23-10-8-21(9-11-23)16-30-17-22(18-30)25(33)34/h5-12,15,19-20,22H,13-14,16-18H2,1-4H3,(H,33,34)/b7-5-,12-6+,24-15+. The van der Waals surface area contributed by atoms with Gasteiger partial charge in [-0.15, -0.1) is 0 Å². The molecule has 0 bridgehead atoms. The van der Waals surface area contributed by atoms with Crippen LogP contribution in [0.5, 0.6) is 0 Å². The van der Waals surface area contributed by atoms with Crippen LogP contribution in [0.3, 0.4) is 0 Å². The van der Waals surface area contributed by atoms with Gasteiger partial charge in [-0.2, -0.15) is 0 Å². The number of aliphatic carboxylic acids is 1. The molecule has 1 unspecified atom stereocenters. The highest BCUT2D eigenvalue weighted by molar-refractivity contribution is 5.75. The molecule has 1 saturated heterocycles. The molecular weight excluding hydrogens is 440 g/mol. The van der Waals surface area contributed by atoms with E-state index in [9.17, 15) is 18.4 Å². The molecule has 6 nitrogen and oxygen atoms in total. The Hall–Kier alpha value is -3.00. The Bertz CT molecular complexity index is 906. The number of rotatable bonds is 13. The number of amides is 1. The smallest absolute Gasteiger partial charge is 0.309 e. The van der Waals surface area contributed by atoms with Gasteiger partial charge in [-0.05, 0) is 43.7 Å². The predicted octanol–water partition coefficient (Wildman–Crippen LogP) is 4.41. The van der Waals surface area contributed by atoms with E-state index >= 15 is 0 Å². The van der Waals surface area contributed by atoms with Crippen LogP contribution in [0.1, 0.15) is 26.3 Å². The second kappa shape index (κ2) is 12.5. The fraction of sp³-hybridized carbons (Fsp3) is 0.462. The van der Waals surface area contributed by atoms with Gasteiger partial charge in [-0.25, -0.2) is 8.78 Å². The van der Waals surface area contributed by atoms with Gasteiger partial charge in [-0.3, -0.25) is 14.5 Å². The molecule has 1 aliphatic heterocycles. The van der Waals surface area contributed by atoms with Crippen LogP contribution >= 0.6 is 0 Å². The monoisotopic (exact) mass is 475 g/mol. The highest BCUT2D eigenvalue weighted by Crippen LogP contribution is 2.28. The van der Waals surface area contributed by atoms with E-state index in [-0.39, 0.29) is 5.92 Å². The topological polar surface area (TPSA) is 64.1 Å². The van der Waals surface area contributed by atoms with Gasteiger partial charge in [0.05, 0.1) is 5.92 Å². The Kier molecular flexibility index (Phi) is 9.98. The largest absolute Gasteiger partial charge is 0.481 e. The van der Waals surface area contributed by atoms with E-state index in [0.29, 0.717) is 38.4 Å². The average molecular weight is 476 g/mol. The van der Waals surface area contributed by atoms with E-state index in [4.69, 9.17) is 5.11 Å². The van der Waals surface area contributed by atoms with E-state index in [1.807, 2.05) is 43.1 Å². The molecule has 186 valence electrons. The minimum Gasteiger partial charge on any atom is -0.481 e. The summed E-state index contributed by atoms with van der Waals surface area (Å²) >= 11 is 0. The number of halogens is 2. The number of likely N-dealkylation sites (tertiary alicyclic amines) is 1. The zero-order chi connectivity index (χ0) is 25.3. The van der Waals surface area contributed by atoms with Gasteiger partial charge in [-0.1, -0.05) is 37.3 Å². The SMILES string of the molecule is C/C=C\C(=C/C(C)C(F)(F)/C=C/C)N(C)CCN(C=O)c1ccc(CN2CC(C(=O)O)C2)cc1. The van der Waals surface area contributed by atoms with Crippen molar-refractivity contribution in [2.45, 2.75) is 33.2 Å². The first-order valence-corrected chi connectivity index (χ1v) is 11.4. The fourth-order valence-corrected chi connectivity index (χ4v) is 3.76. The Balaban J connectivity index is 1.98. The third-order valence-corrected chi connectivity index (χ3v) is 5.98. The highest BCUT2D eigenvalue weighted by Gasteiger charge is 2.32. The van der Waals surface area contributed by atoms with Gasteiger partial charge in [0.25, 0.3) is 5.92 Å². The van der Waals surface area contributed by atoms with Crippen molar-refractivity contribution in [3.05, 3.63) is 65.9 Å². The maximum atomic E-state index is 14.2. The minimum atomic E-state index is -2.94. The van der Waals surface area contributed by atoms with Crippen LogP contribution in [0.15, 0.2) is 60.3 Å². The van der Waals surface area contributed by atoms with Gasteiger partial charge in [0.2, 0.25) is 6.41 Å². The zero-order valence-corrected chi connectivity index (χ0v) is 20.3. The summed E-state index contributed by atoms with van der Waals surface area (Å²) in [5.41, 5.74) is 2.45. The molecule has 1 aromatic carbocycles. The number of alkyl halides is 2. The van der Waals surface area contributed by atoms with E-state index in [2.05, 4.69) is 4.90 Å². The number of benzene rings is 1. The lowest BCUT2D eigenvalue weighted by molar-refractivity contribution is -0.147. The second-order valence-corrected chi connectivity index (χ2v) is 8.67. The van der Waals surface area contributed by atoms with Crippen molar-refractivity contribution in [3.63, 3.8) is 0 Å². The van der Waals surface area contributed by atoms with Crippen molar-refractivity contribution in [3.8, 4) is 0 Å². The van der Waals surface area contributed by atoms with Crippen LogP contribution in [-0.2, 0) is 16.1 Å². The summed E-state index contributed by atoms with van der Waals surface area (Å²) in [6.45, 7) is 7.50. The number of hydrogen-bond acceptors (Lipinski definition) is 4.